The van der Waals surface area contributed by atoms with E-state index in [0.717, 1.165) is 26.2 Å². The topological polar surface area (TPSA) is 23.6 Å². The lowest BCUT2D eigenvalue weighted by atomic mass is 10.0. The molecule has 1 rings (SSSR count). The van der Waals surface area contributed by atoms with E-state index >= 15 is 0 Å². The van der Waals surface area contributed by atoms with E-state index in [4.69, 9.17) is 0 Å². The molecule has 0 bridgehead atoms. The Bertz CT molecular complexity index is 288. The number of hydrogen-bond donors (Lipinski definition) is 0. The molecular formula is C22H43N2O. The standard InChI is InChI=1S/C22H43N2O/c1-2-3-4-5-6-7-8-9-10-11-12-13-14-15-16-23-17-19-24(20-18-23)21-22-25/h2-21H2,1H3. The van der Waals surface area contributed by atoms with Crippen molar-refractivity contribution in [3.63, 3.8) is 0 Å². The van der Waals surface area contributed by atoms with Crippen molar-refractivity contribution < 1.29 is 4.79 Å². The molecular weight excluding hydrogens is 308 g/mol. The molecule has 0 unspecified atom stereocenters. The van der Waals surface area contributed by atoms with E-state index in [1.54, 1.807) is 0 Å². The first-order valence-corrected chi connectivity index (χ1v) is 11.2. The van der Waals surface area contributed by atoms with Crippen LogP contribution in [0, 0.1) is 0 Å². The van der Waals surface area contributed by atoms with E-state index in [0.29, 0.717) is 6.54 Å². The Labute approximate surface area is 157 Å². The van der Waals surface area contributed by atoms with Gasteiger partial charge in [0.25, 0.3) is 0 Å². The largest absolute Gasteiger partial charge is 0.301 e. The van der Waals surface area contributed by atoms with Gasteiger partial charge in [-0.1, -0.05) is 90.4 Å². The number of carbonyl (C=O) groups excluding carboxylic acids is 1. The summed E-state index contributed by atoms with van der Waals surface area (Å²) in [6.45, 7) is 8.35. The van der Waals surface area contributed by atoms with Crippen LogP contribution in [0.25, 0.3) is 0 Å². The molecule has 1 fully saturated rings. The summed E-state index contributed by atoms with van der Waals surface area (Å²) in [4.78, 5) is 15.2. The molecule has 0 amide bonds. The monoisotopic (exact) mass is 351 g/mol. The summed E-state index contributed by atoms with van der Waals surface area (Å²) in [7, 11) is 0. The van der Waals surface area contributed by atoms with Gasteiger partial charge in [0.1, 0.15) is 0 Å². The van der Waals surface area contributed by atoms with Crippen molar-refractivity contribution in [3.05, 3.63) is 0 Å². The molecule has 1 aliphatic heterocycles. The molecule has 1 radical (unpaired) electrons. The van der Waals surface area contributed by atoms with E-state index in [9.17, 15) is 4.79 Å². The molecule has 0 atom stereocenters. The van der Waals surface area contributed by atoms with E-state index in [-0.39, 0.29) is 0 Å². The van der Waals surface area contributed by atoms with E-state index < -0.39 is 0 Å². The molecule has 0 saturated carbocycles. The fraction of sp³-hybridized carbons (Fsp3) is 0.955. The fourth-order valence-electron chi connectivity index (χ4n) is 3.79. The molecule has 3 nitrogen and oxygen atoms in total. The highest BCUT2D eigenvalue weighted by atomic mass is 16.1. The van der Waals surface area contributed by atoms with Crippen LogP contribution in [0.2, 0.25) is 0 Å². The maximum Gasteiger partial charge on any atom is 0.213 e. The van der Waals surface area contributed by atoms with E-state index in [2.05, 4.69) is 16.7 Å². The Hall–Kier alpha value is -0.410. The minimum Gasteiger partial charge on any atom is -0.301 e. The highest BCUT2D eigenvalue weighted by Crippen LogP contribution is 2.13. The molecule has 0 spiro atoms. The Balaban J connectivity index is 1.74. The van der Waals surface area contributed by atoms with Gasteiger partial charge >= 0.3 is 0 Å². The van der Waals surface area contributed by atoms with Crippen LogP contribution in [0.5, 0.6) is 0 Å². The minimum absolute atomic E-state index is 0.493. The summed E-state index contributed by atoms with van der Waals surface area (Å²) in [6, 6.07) is 0. The number of hydrogen-bond acceptors (Lipinski definition) is 3. The minimum atomic E-state index is 0.493. The normalized spacial score (nSPS) is 16.4. The van der Waals surface area contributed by atoms with Crippen LogP contribution in [-0.4, -0.2) is 55.4 Å². The molecule has 147 valence electrons. The van der Waals surface area contributed by atoms with Gasteiger partial charge in [-0.05, 0) is 13.0 Å². The highest BCUT2D eigenvalue weighted by molar-refractivity contribution is 5.53. The number of unbranched alkanes of at least 4 members (excludes halogenated alkanes) is 13. The molecule has 0 N–H and O–H groups in total. The van der Waals surface area contributed by atoms with Crippen molar-refractivity contribution in [3.8, 4) is 0 Å². The summed E-state index contributed by atoms with van der Waals surface area (Å²) in [5.74, 6) is 0. The molecule has 3 heteroatoms. The first kappa shape index (κ1) is 22.6. The second kappa shape index (κ2) is 17.0. The van der Waals surface area contributed by atoms with Gasteiger partial charge in [-0.15, -0.1) is 0 Å². The van der Waals surface area contributed by atoms with Crippen LogP contribution in [0.15, 0.2) is 0 Å². The summed E-state index contributed by atoms with van der Waals surface area (Å²) in [6.07, 6.45) is 22.0. The van der Waals surface area contributed by atoms with Gasteiger partial charge in [-0.25, -0.2) is 0 Å². The van der Waals surface area contributed by atoms with Crippen molar-refractivity contribution in [1.29, 1.82) is 0 Å². The van der Waals surface area contributed by atoms with Crippen molar-refractivity contribution in [2.75, 3.05) is 39.3 Å². The third-order valence-electron chi connectivity index (χ3n) is 5.58. The third-order valence-corrected chi connectivity index (χ3v) is 5.58. The number of piperazine rings is 1. The Morgan fingerprint density at radius 2 is 1.00 bits per heavy atom. The SMILES string of the molecule is CCCCCCCCCCCCCCCCN1CCN(C[C]=O)CC1. The van der Waals surface area contributed by atoms with Crippen LogP contribution in [0.3, 0.4) is 0 Å². The van der Waals surface area contributed by atoms with Crippen molar-refractivity contribution >= 4 is 6.29 Å². The average molecular weight is 352 g/mol. The predicted octanol–water partition coefficient (Wildman–Crippen LogP) is 5.20. The van der Waals surface area contributed by atoms with Crippen molar-refractivity contribution in [1.82, 2.24) is 9.80 Å². The quantitative estimate of drug-likeness (QED) is 0.337. The number of rotatable bonds is 17. The second-order valence-electron chi connectivity index (χ2n) is 7.86. The summed E-state index contributed by atoms with van der Waals surface area (Å²) in [5, 5.41) is 0. The predicted molar refractivity (Wildman–Crippen MR) is 109 cm³/mol. The van der Waals surface area contributed by atoms with Crippen LogP contribution in [-0.2, 0) is 4.79 Å². The zero-order chi connectivity index (χ0) is 18.0. The second-order valence-corrected chi connectivity index (χ2v) is 7.86. The lowest BCUT2D eigenvalue weighted by Gasteiger charge is -2.33. The van der Waals surface area contributed by atoms with Crippen LogP contribution in [0.1, 0.15) is 96.8 Å². The van der Waals surface area contributed by atoms with Gasteiger partial charge in [0.2, 0.25) is 6.29 Å². The van der Waals surface area contributed by atoms with Crippen molar-refractivity contribution in [2.45, 2.75) is 96.8 Å². The number of nitrogens with zero attached hydrogens (tertiary/aromatic N) is 2. The van der Waals surface area contributed by atoms with E-state index in [1.165, 1.54) is 96.4 Å². The average Bonchev–Trinajstić information content (AvgIpc) is 2.63. The van der Waals surface area contributed by atoms with Gasteiger partial charge in [-0.3, -0.25) is 9.69 Å². The van der Waals surface area contributed by atoms with Gasteiger partial charge in [0.05, 0.1) is 6.54 Å². The Kier molecular flexibility index (Phi) is 15.4. The molecule has 0 aromatic rings. The molecule has 25 heavy (non-hydrogen) atoms. The van der Waals surface area contributed by atoms with E-state index in [1.807, 2.05) is 6.29 Å². The Morgan fingerprint density at radius 3 is 1.44 bits per heavy atom. The lowest BCUT2D eigenvalue weighted by molar-refractivity contribution is 0.143. The summed E-state index contributed by atoms with van der Waals surface area (Å²) < 4.78 is 0. The third kappa shape index (κ3) is 13.5. The van der Waals surface area contributed by atoms with Crippen LogP contribution < -0.4 is 0 Å². The smallest absolute Gasteiger partial charge is 0.213 e. The summed E-state index contributed by atoms with van der Waals surface area (Å²) >= 11 is 0. The maximum absolute atomic E-state index is 10.4. The first-order valence-electron chi connectivity index (χ1n) is 11.2. The Morgan fingerprint density at radius 1 is 0.600 bits per heavy atom. The molecule has 1 heterocycles. The van der Waals surface area contributed by atoms with Crippen LogP contribution in [0.4, 0.5) is 0 Å². The summed E-state index contributed by atoms with van der Waals surface area (Å²) in [5.41, 5.74) is 0. The maximum atomic E-state index is 10.4. The van der Waals surface area contributed by atoms with Gasteiger partial charge in [-0.2, -0.15) is 0 Å². The molecule has 1 saturated heterocycles. The zero-order valence-electron chi connectivity index (χ0n) is 16.9. The van der Waals surface area contributed by atoms with Gasteiger partial charge in [0.15, 0.2) is 0 Å². The molecule has 0 aliphatic carbocycles. The molecule has 0 aromatic heterocycles. The zero-order valence-corrected chi connectivity index (χ0v) is 16.9. The van der Waals surface area contributed by atoms with Crippen molar-refractivity contribution in [2.24, 2.45) is 0 Å². The molecule has 0 aromatic carbocycles. The van der Waals surface area contributed by atoms with Gasteiger partial charge < -0.3 is 4.90 Å². The van der Waals surface area contributed by atoms with Gasteiger partial charge in [0, 0.05) is 26.2 Å². The molecule has 1 aliphatic rings. The first-order chi connectivity index (χ1) is 12.4. The fourth-order valence-corrected chi connectivity index (χ4v) is 3.79. The van der Waals surface area contributed by atoms with Crippen LogP contribution >= 0.6 is 0 Å². The highest BCUT2D eigenvalue weighted by Gasteiger charge is 2.15. The lowest BCUT2D eigenvalue weighted by Crippen LogP contribution is -2.46.